The van der Waals surface area contributed by atoms with Gasteiger partial charge in [-0.25, -0.2) is 0 Å². The molecule has 0 atom stereocenters. The average Bonchev–Trinajstić information content (AvgIpc) is 2.40. The summed E-state index contributed by atoms with van der Waals surface area (Å²) >= 11 is 14.0. The maximum atomic E-state index is 7.00. The molecule has 4 heteroatoms. The molecule has 0 amide bonds. The van der Waals surface area contributed by atoms with E-state index in [0.717, 1.165) is 0 Å². The topological polar surface area (TPSA) is 0 Å². The molecule has 0 radical (unpaired) electrons. The van der Waals surface area contributed by atoms with Crippen molar-refractivity contribution in [1.82, 2.24) is 0 Å². The lowest BCUT2D eigenvalue weighted by Crippen LogP contribution is -2.34. The van der Waals surface area contributed by atoms with Gasteiger partial charge in [-0.15, -0.1) is 0 Å². The fraction of sp³-hybridized carbons (Fsp3) is 1.00. The predicted octanol–water partition coefficient (Wildman–Crippen LogP) is 8.56. The highest BCUT2D eigenvalue weighted by molar-refractivity contribution is 7.22. The summed E-state index contributed by atoms with van der Waals surface area (Å²) in [4.78, 5) is 0. The third-order valence-corrected chi connectivity index (χ3v) is 22.0. The van der Waals surface area contributed by atoms with E-state index >= 15 is 0 Å². The van der Waals surface area contributed by atoms with E-state index in [4.69, 9.17) is 22.2 Å². The largest absolute Gasteiger partial charge is 0.166 e. The molecular formula is C18H40Cl2Si2. The first kappa shape index (κ1) is 23.0. The predicted molar refractivity (Wildman–Crippen MR) is 112 cm³/mol. The molecule has 0 aliphatic carbocycles. The van der Waals surface area contributed by atoms with Gasteiger partial charge >= 0.3 is 0 Å². The van der Waals surface area contributed by atoms with Crippen molar-refractivity contribution in [3.63, 3.8) is 0 Å². The van der Waals surface area contributed by atoms with Crippen LogP contribution in [0.3, 0.4) is 0 Å². The van der Waals surface area contributed by atoms with Crippen LogP contribution in [0.5, 0.6) is 0 Å². The molecule has 0 saturated carbocycles. The van der Waals surface area contributed by atoms with Crippen LogP contribution < -0.4 is 0 Å². The van der Waals surface area contributed by atoms with Crippen molar-refractivity contribution in [2.45, 2.75) is 115 Å². The molecule has 0 spiro atoms. The average molecular weight is 384 g/mol. The highest BCUT2D eigenvalue weighted by Gasteiger charge is 2.38. The van der Waals surface area contributed by atoms with Crippen LogP contribution in [-0.2, 0) is 0 Å². The summed E-state index contributed by atoms with van der Waals surface area (Å²) in [6.07, 6.45) is 5.29. The number of halogens is 2. The maximum absolute atomic E-state index is 7.00. The van der Waals surface area contributed by atoms with Gasteiger partial charge in [-0.05, 0) is 34.3 Å². The second kappa shape index (κ2) is 10.1. The molecule has 0 nitrogen and oxygen atoms in total. The van der Waals surface area contributed by atoms with Crippen LogP contribution in [0.15, 0.2) is 0 Å². The van der Waals surface area contributed by atoms with Crippen molar-refractivity contribution in [2.75, 3.05) is 0 Å². The van der Waals surface area contributed by atoms with Gasteiger partial charge in [-0.1, -0.05) is 81.1 Å². The minimum absolute atomic E-state index is 0.680. The van der Waals surface area contributed by atoms with Crippen molar-refractivity contribution in [3.8, 4) is 0 Å². The highest BCUT2D eigenvalue weighted by Crippen LogP contribution is 2.42. The minimum atomic E-state index is -1.58. The zero-order chi connectivity index (χ0) is 17.6. The summed E-state index contributed by atoms with van der Waals surface area (Å²) in [5.74, 6) is 0. The number of rotatable bonds is 11. The molecule has 22 heavy (non-hydrogen) atoms. The van der Waals surface area contributed by atoms with Crippen molar-refractivity contribution in [3.05, 3.63) is 0 Å². The monoisotopic (exact) mass is 382 g/mol. The molecule has 0 aromatic heterocycles. The Bertz CT molecular complexity index is 255. The zero-order valence-electron chi connectivity index (χ0n) is 16.3. The van der Waals surface area contributed by atoms with E-state index in [0.29, 0.717) is 22.2 Å². The van der Waals surface area contributed by atoms with Crippen molar-refractivity contribution < 1.29 is 0 Å². The highest BCUT2D eigenvalue weighted by atomic mass is 35.6. The summed E-state index contributed by atoms with van der Waals surface area (Å²) in [5, 5.41) is 0. The van der Waals surface area contributed by atoms with Gasteiger partial charge in [0, 0.05) is 0 Å². The molecule has 0 unspecified atom stereocenters. The number of unbranched alkanes of at least 4 members (excludes halogenated alkanes) is 3. The van der Waals surface area contributed by atoms with Gasteiger partial charge in [0.15, 0.2) is 14.8 Å². The van der Waals surface area contributed by atoms with Gasteiger partial charge < -0.3 is 0 Å². The summed E-state index contributed by atoms with van der Waals surface area (Å²) in [6, 6.07) is 2.56. The first-order valence-electron chi connectivity index (χ1n) is 9.36. The molecule has 0 aliphatic rings. The van der Waals surface area contributed by atoms with Crippen LogP contribution >= 0.6 is 22.2 Å². The van der Waals surface area contributed by atoms with E-state index in [-0.39, 0.29) is 0 Å². The molecule has 0 bridgehead atoms. The van der Waals surface area contributed by atoms with Crippen LogP contribution in [0.1, 0.15) is 81.1 Å². The van der Waals surface area contributed by atoms with E-state index in [1.54, 1.807) is 0 Å². The standard InChI is InChI=1S/C18H40Cl2Si2/c1-15(2)21(19,16(3)4)13-11-9-10-12-14-22(20,17(5)6)18(7)8/h15-18H,9-14H2,1-8H3. The Labute approximate surface area is 152 Å². The third-order valence-electron chi connectivity index (χ3n) is 5.71. The van der Waals surface area contributed by atoms with Gasteiger partial charge in [0.1, 0.15) is 0 Å². The molecule has 0 fully saturated rings. The van der Waals surface area contributed by atoms with Crippen LogP contribution in [0.2, 0.25) is 34.3 Å². The molecule has 0 aliphatic heterocycles. The van der Waals surface area contributed by atoms with Gasteiger partial charge in [0.2, 0.25) is 0 Å². The Kier molecular flexibility index (Phi) is 10.6. The molecule has 0 aromatic rings. The number of hydrogen-bond acceptors (Lipinski definition) is 0. The smallest absolute Gasteiger partial charge is 0.161 e. The Hall–Kier alpha value is 1.01. The number of hydrogen-bond donors (Lipinski definition) is 0. The van der Waals surface area contributed by atoms with E-state index in [9.17, 15) is 0 Å². The molecule has 134 valence electrons. The van der Waals surface area contributed by atoms with Gasteiger partial charge in [0.05, 0.1) is 0 Å². The normalized spacial score (nSPS) is 13.9. The first-order chi connectivity index (χ1) is 9.98. The second-order valence-electron chi connectivity index (χ2n) is 8.39. The minimum Gasteiger partial charge on any atom is -0.166 e. The Morgan fingerprint density at radius 2 is 0.727 bits per heavy atom. The van der Waals surface area contributed by atoms with E-state index < -0.39 is 14.8 Å². The molecule has 0 aromatic carbocycles. The van der Waals surface area contributed by atoms with Crippen LogP contribution in [-0.4, -0.2) is 14.8 Å². The summed E-state index contributed by atoms with van der Waals surface area (Å²) in [6.45, 7) is 18.5. The third kappa shape index (κ3) is 6.49. The summed E-state index contributed by atoms with van der Waals surface area (Å²) < 4.78 is 0. The Morgan fingerprint density at radius 3 is 0.909 bits per heavy atom. The quantitative estimate of drug-likeness (QED) is 0.190. The molecule has 0 N–H and O–H groups in total. The lowest BCUT2D eigenvalue weighted by molar-refractivity contribution is 0.681. The Balaban J connectivity index is 4.14. The SMILES string of the molecule is CC(C)[Si](Cl)(CCCCCC[Si](Cl)(C(C)C)C(C)C)C(C)C. The van der Waals surface area contributed by atoms with Crippen molar-refractivity contribution in [1.29, 1.82) is 0 Å². The molecule has 0 rings (SSSR count). The summed E-state index contributed by atoms with van der Waals surface area (Å²) in [5.41, 5.74) is 2.72. The first-order valence-corrected chi connectivity index (χ1v) is 16.1. The van der Waals surface area contributed by atoms with E-state index in [2.05, 4.69) is 55.4 Å². The maximum Gasteiger partial charge on any atom is 0.161 e. The van der Waals surface area contributed by atoms with E-state index in [1.807, 2.05) is 0 Å². The lowest BCUT2D eigenvalue weighted by Gasteiger charge is -2.33. The van der Waals surface area contributed by atoms with Crippen LogP contribution in [0.4, 0.5) is 0 Å². The van der Waals surface area contributed by atoms with Crippen LogP contribution in [0, 0.1) is 0 Å². The molecular weight excluding hydrogens is 343 g/mol. The van der Waals surface area contributed by atoms with Gasteiger partial charge in [0.25, 0.3) is 0 Å². The fourth-order valence-electron chi connectivity index (χ4n) is 3.63. The van der Waals surface area contributed by atoms with Crippen molar-refractivity contribution >= 4 is 36.9 Å². The summed E-state index contributed by atoms with van der Waals surface area (Å²) in [7, 11) is -3.16. The Morgan fingerprint density at radius 1 is 0.500 bits per heavy atom. The van der Waals surface area contributed by atoms with E-state index in [1.165, 1.54) is 37.8 Å². The fourth-order valence-corrected chi connectivity index (χ4v) is 11.0. The van der Waals surface area contributed by atoms with Crippen molar-refractivity contribution in [2.24, 2.45) is 0 Å². The molecule has 0 heterocycles. The zero-order valence-corrected chi connectivity index (χ0v) is 19.8. The lowest BCUT2D eigenvalue weighted by atomic mass is 10.2. The molecule has 0 saturated heterocycles. The van der Waals surface area contributed by atoms with Gasteiger partial charge in [-0.2, -0.15) is 22.2 Å². The van der Waals surface area contributed by atoms with Crippen LogP contribution in [0.25, 0.3) is 0 Å². The van der Waals surface area contributed by atoms with Gasteiger partial charge in [-0.3, -0.25) is 0 Å². The second-order valence-corrected chi connectivity index (χ2v) is 21.9.